The first kappa shape index (κ1) is 27.7. The number of hydrogen-bond donors (Lipinski definition) is 0. The third-order valence-corrected chi connectivity index (χ3v) is 5.26. The molecule has 3 rings (SSSR count). The standard InChI is InChI=1S/C24H26.3C2H6/c1-9-19-15(5)12-16(6)22-21-14(4)10-11-20(13(2)3)24(21)18(8)17(7)23(19)22;3*1-2/h9-13H,1,7-8H2,2-6H3;3*1-2H3. The van der Waals surface area contributed by atoms with Crippen molar-refractivity contribution >= 4 is 40.8 Å². The molecule has 0 saturated carbocycles. The van der Waals surface area contributed by atoms with Gasteiger partial charge in [0.25, 0.3) is 0 Å². The van der Waals surface area contributed by atoms with Gasteiger partial charge in [-0.15, -0.1) is 0 Å². The smallest absolute Gasteiger partial charge is 0.00273 e. The predicted molar refractivity (Wildman–Crippen MR) is 144 cm³/mol. The van der Waals surface area contributed by atoms with Crippen molar-refractivity contribution in [3.05, 3.63) is 63.0 Å². The van der Waals surface area contributed by atoms with Crippen LogP contribution in [0.1, 0.15) is 89.1 Å². The molecule has 0 radical (unpaired) electrons. The van der Waals surface area contributed by atoms with Crippen molar-refractivity contribution in [2.24, 2.45) is 0 Å². The number of fused-ring (bicyclic) bond motifs is 3. The third-order valence-electron chi connectivity index (χ3n) is 5.26. The average Bonchev–Trinajstić information content (AvgIpc) is 2.76. The van der Waals surface area contributed by atoms with Gasteiger partial charge in [0.15, 0.2) is 0 Å². The molecule has 3 aromatic rings. The first-order chi connectivity index (χ1) is 14.3. The summed E-state index contributed by atoms with van der Waals surface area (Å²) in [5, 5.41) is 7.22. The van der Waals surface area contributed by atoms with E-state index in [1.54, 1.807) is 0 Å². The largest absolute Gasteiger partial charge is 0.0984 e. The van der Waals surface area contributed by atoms with Gasteiger partial charge in [0, 0.05) is 0 Å². The molecule has 0 heteroatoms. The summed E-state index contributed by atoms with van der Waals surface area (Å²) >= 11 is 0. The highest BCUT2D eigenvalue weighted by atomic mass is 14.2. The predicted octanol–water partition coefficient (Wildman–Crippen LogP) is 8.58. The van der Waals surface area contributed by atoms with Gasteiger partial charge >= 0.3 is 0 Å². The van der Waals surface area contributed by atoms with E-state index in [-0.39, 0.29) is 0 Å². The SMILES string of the molecule is C=Cc1c(C)cc(C)c2c1c(=C)c(=C)c1c(C(C)C)ccc(C)c12.CC.CC.CC. The molecule has 0 unspecified atom stereocenters. The molecule has 0 amide bonds. The average molecular weight is 405 g/mol. The van der Waals surface area contributed by atoms with Crippen LogP contribution in [0.5, 0.6) is 0 Å². The van der Waals surface area contributed by atoms with Crippen LogP contribution in [-0.2, 0) is 0 Å². The Balaban J connectivity index is 0.00000129. The van der Waals surface area contributed by atoms with Gasteiger partial charge < -0.3 is 0 Å². The topological polar surface area (TPSA) is 0 Å². The van der Waals surface area contributed by atoms with Crippen molar-refractivity contribution in [3.63, 3.8) is 0 Å². The number of rotatable bonds is 2. The van der Waals surface area contributed by atoms with E-state index in [2.05, 4.69) is 72.6 Å². The number of hydrogen-bond acceptors (Lipinski definition) is 0. The normalized spacial score (nSPS) is 9.87. The molecule has 0 aliphatic rings. The highest BCUT2D eigenvalue weighted by molar-refractivity contribution is 6.14. The van der Waals surface area contributed by atoms with Crippen LogP contribution in [0, 0.1) is 20.8 Å². The fraction of sp³-hybridized carbons (Fsp3) is 0.400. The Bertz CT molecular complexity index is 1100. The van der Waals surface area contributed by atoms with Crippen molar-refractivity contribution < 1.29 is 0 Å². The maximum absolute atomic E-state index is 4.42. The second-order valence-corrected chi connectivity index (χ2v) is 7.21. The summed E-state index contributed by atoms with van der Waals surface area (Å²) in [5.41, 5.74) is 6.38. The van der Waals surface area contributed by atoms with E-state index in [1.165, 1.54) is 49.4 Å². The Kier molecular flexibility index (Phi) is 11.4. The molecule has 0 fully saturated rings. The van der Waals surface area contributed by atoms with E-state index in [0.717, 1.165) is 10.4 Å². The van der Waals surface area contributed by atoms with Crippen LogP contribution in [0.4, 0.5) is 0 Å². The van der Waals surface area contributed by atoms with Crippen LogP contribution < -0.4 is 10.4 Å². The van der Waals surface area contributed by atoms with Gasteiger partial charge in [-0.1, -0.05) is 99.4 Å². The van der Waals surface area contributed by atoms with E-state index in [0.29, 0.717) is 5.92 Å². The Hall–Kier alpha value is -2.34. The van der Waals surface area contributed by atoms with Gasteiger partial charge in [-0.05, 0) is 86.5 Å². The quantitative estimate of drug-likeness (QED) is 0.375. The van der Waals surface area contributed by atoms with Crippen molar-refractivity contribution in [1.82, 2.24) is 0 Å². The zero-order valence-electron chi connectivity index (χ0n) is 21.5. The van der Waals surface area contributed by atoms with Crippen LogP contribution >= 0.6 is 0 Å². The number of aryl methyl sites for hydroxylation is 3. The van der Waals surface area contributed by atoms with Crippen LogP contribution in [0.25, 0.3) is 40.8 Å². The lowest BCUT2D eigenvalue weighted by molar-refractivity contribution is 0.875. The Morgan fingerprint density at radius 2 is 1.13 bits per heavy atom. The van der Waals surface area contributed by atoms with Crippen molar-refractivity contribution in [3.8, 4) is 0 Å². The summed E-state index contributed by atoms with van der Waals surface area (Å²) < 4.78 is 0. The molecule has 0 nitrogen and oxygen atoms in total. The van der Waals surface area contributed by atoms with Gasteiger partial charge in [0.2, 0.25) is 0 Å². The second-order valence-electron chi connectivity index (χ2n) is 7.21. The molecule has 0 aliphatic heterocycles. The highest BCUT2D eigenvalue weighted by Crippen LogP contribution is 2.34. The van der Waals surface area contributed by atoms with Gasteiger partial charge in [-0.3, -0.25) is 0 Å². The molecular formula is C30H44. The molecule has 0 bridgehead atoms. The minimum atomic E-state index is 0.454. The van der Waals surface area contributed by atoms with Gasteiger partial charge in [0.05, 0.1) is 0 Å². The maximum Gasteiger partial charge on any atom is -0.00273 e. The van der Waals surface area contributed by atoms with E-state index in [9.17, 15) is 0 Å². The molecule has 164 valence electrons. The van der Waals surface area contributed by atoms with Crippen LogP contribution in [0.2, 0.25) is 0 Å². The second kappa shape index (κ2) is 12.4. The summed E-state index contributed by atoms with van der Waals surface area (Å²) in [6.45, 7) is 35.9. The van der Waals surface area contributed by atoms with Crippen LogP contribution in [-0.4, -0.2) is 0 Å². The van der Waals surface area contributed by atoms with Crippen LogP contribution in [0.15, 0.2) is 24.8 Å². The zero-order valence-corrected chi connectivity index (χ0v) is 21.5. The minimum Gasteiger partial charge on any atom is -0.0984 e. The molecule has 30 heavy (non-hydrogen) atoms. The van der Waals surface area contributed by atoms with Gasteiger partial charge in [-0.25, -0.2) is 0 Å². The molecule has 0 saturated heterocycles. The molecule has 0 aromatic heterocycles. The van der Waals surface area contributed by atoms with E-state index < -0.39 is 0 Å². The van der Waals surface area contributed by atoms with Crippen molar-refractivity contribution in [2.45, 2.75) is 82.1 Å². The van der Waals surface area contributed by atoms with E-state index in [4.69, 9.17) is 0 Å². The van der Waals surface area contributed by atoms with Crippen molar-refractivity contribution in [1.29, 1.82) is 0 Å². The van der Waals surface area contributed by atoms with E-state index in [1.807, 2.05) is 47.6 Å². The van der Waals surface area contributed by atoms with Gasteiger partial charge in [0.1, 0.15) is 0 Å². The maximum atomic E-state index is 4.42. The molecule has 0 heterocycles. The Morgan fingerprint density at radius 1 is 0.667 bits per heavy atom. The fourth-order valence-electron chi connectivity index (χ4n) is 4.06. The summed E-state index contributed by atoms with van der Waals surface area (Å²) in [5.74, 6) is 0.454. The third kappa shape index (κ3) is 4.86. The summed E-state index contributed by atoms with van der Waals surface area (Å²) in [6.07, 6.45) is 1.96. The van der Waals surface area contributed by atoms with E-state index >= 15 is 0 Å². The summed E-state index contributed by atoms with van der Waals surface area (Å²) in [6, 6.07) is 6.76. The summed E-state index contributed by atoms with van der Waals surface area (Å²) in [7, 11) is 0. The lowest BCUT2D eigenvalue weighted by Crippen LogP contribution is -2.26. The monoisotopic (exact) mass is 404 g/mol. The molecular weight excluding hydrogens is 360 g/mol. The first-order valence-electron chi connectivity index (χ1n) is 11.6. The molecule has 0 aliphatic carbocycles. The molecule has 0 N–H and O–H groups in total. The molecule has 0 spiro atoms. The first-order valence-corrected chi connectivity index (χ1v) is 11.6. The highest BCUT2D eigenvalue weighted by Gasteiger charge is 2.16. The fourth-order valence-corrected chi connectivity index (χ4v) is 4.06. The van der Waals surface area contributed by atoms with Crippen molar-refractivity contribution in [2.75, 3.05) is 0 Å². The van der Waals surface area contributed by atoms with Crippen LogP contribution in [0.3, 0.4) is 0 Å². The lowest BCUT2D eigenvalue weighted by Gasteiger charge is -2.19. The zero-order chi connectivity index (χ0) is 23.8. The minimum absolute atomic E-state index is 0.454. The lowest BCUT2D eigenvalue weighted by atomic mass is 9.85. The summed E-state index contributed by atoms with van der Waals surface area (Å²) in [4.78, 5) is 0. The Labute approximate surface area is 186 Å². The number of benzene rings is 3. The molecule has 0 atom stereocenters. The Morgan fingerprint density at radius 3 is 1.60 bits per heavy atom. The van der Waals surface area contributed by atoms with Gasteiger partial charge in [-0.2, -0.15) is 0 Å². The molecule has 3 aromatic carbocycles.